The first-order chi connectivity index (χ1) is 11.6. The monoisotopic (exact) mass is 352 g/mol. The fourth-order valence-corrected chi connectivity index (χ4v) is 4.32. The van der Waals surface area contributed by atoms with E-state index in [0.29, 0.717) is 5.41 Å². The third-order valence-electron chi connectivity index (χ3n) is 5.06. The van der Waals surface area contributed by atoms with Crippen molar-refractivity contribution in [2.45, 2.75) is 52.4 Å². The molecule has 1 aliphatic rings. The predicted molar refractivity (Wildman–Crippen MR) is 102 cm³/mol. The summed E-state index contributed by atoms with van der Waals surface area (Å²) in [4.78, 5) is 10.3. The number of ether oxygens (including phenoxy) is 1. The number of hydrogen-bond acceptors (Lipinski definition) is 4. The molecule has 1 fully saturated rings. The van der Waals surface area contributed by atoms with Crippen LogP contribution in [0.4, 0.5) is 0 Å². The van der Waals surface area contributed by atoms with E-state index in [2.05, 4.69) is 34.5 Å². The van der Waals surface area contributed by atoms with Crippen LogP contribution >= 0.6 is 11.3 Å². The topological polar surface area (TPSA) is 58.5 Å². The second-order valence-corrected chi connectivity index (χ2v) is 8.09. The van der Waals surface area contributed by atoms with E-state index < -0.39 is 0 Å². The van der Waals surface area contributed by atoms with Gasteiger partial charge in [0.2, 0.25) is 0 Å². The van der Waals surface area contributed by atoms with Gasteiger partial charge in [0.05, 0.1) is 10.7 Å². The van der Waals surface area contributed by atoms with Crippen LogP contribution in [0, 0.1) is 19.3 Å². The smallest absolute Gasteiger partial charge is 0.191 e. The minimum absolute atomic E-state index is 0.372. The van der Waals surface area contributed by atoms with Crippen LogP contribution in [0.1, 0.15) is 47.7 Å². The summed E-state index contributed by atoms with van der Waals surface area (Å²) in [6.07, 6.45) is 7.32. The first-order valence-corrected chi connectivity index (χ1v) is 9.76. The second-order valence-electron chi connectivity index (χ2n) is 6.80. The molecule has 2 rings (SSSR count). The van der Waals surface area contributed by atoms with E-state index in [1.165, 1.54) is 35.6 Å². The van der Waals surface area contributed by atoms with Crippen molar-refractivity contribution in [2.24, 2.45) is 10.4 Å². The molecular weight excluding hydrogens is 320 g/mol. The van der Waals surface area contributed by atoms with E-state index in [9.17, 15) is 0 Å². The van der Waals surface area contributed by atoms with Crippen LogP contribution in [0.25, 0.3) is 0 Å². The summed E-state index contributed by atoms with van der Waals surface area (Å²) in [5, 5.41) is 8.14. The third kappa shape index (κ3) is 5.45. The van der Waals surface area contributed by atoms with E-state index in [1.807, 2.05) is 7.05 Å². The lowest BCUT2D eigenvalue weighted by Crippen LogP contribution is -2.43. The number of nitrogens with one attached hydrogen (secondary N) is 2. The van der Waals surface area contributed by atoms with Gasteiger partial charge in [0.1, 0.15) is 0 Å². The van der Waals surface area contributed by atoms with Crippen LogP contribution < -0.4 is 10.6 Å². The molecule has 6 heteroatoms. The standard InChI is InChI=1S/C18H32N4OS/c1-14-15(2)24-16(22-14)7-11-20-17(19-3)21-13-18(10-12-23-4)8-5-6-9-18/h5-13H2,1-4H3,(H2,19,20,21). The van der Waals surface area contributed by atoms with Crippen molar-refractivity contribution >= 4 is 17.3 Å². The number of guanidine groups is 1. The SMILES string of the molecule is CN=C(NCCc1nc(C)c(C)s1)NCC1(CCOC)CCCC1. The summed E-state index contributed by atoms with van der Waals surface area (Å²) in [5.41, 5.74) is 1.52. The molecule has 0 aromatic carbocycles. The summed E-state index contributed by atoms with van der Waals surface area (Å²) >= 11 is 1.79. The van der Waals surface area contributed by atoms with Crippen LogP contribution in [0.15, 0.2) is 4.99 Å². The molecule has 1 aromatic heterocycles. The summed E-state index contributed by atoms with van der Waals surface area (Å²) < 4.78 is 5.31. The molecule has 5 nitrogen and oxygen atoms in total. The molecule has 0 unspecified atom stereocenters. The Hall–Kier alpha value is -1.14. The Morgan fingerprint density at radius 2 is 2.04 bits per heavy atom. The van der Waals surface area contributed by atoms with Gasteiger partial charge in [-0.15, -0.1) is 11.3 Å². The number of methoxy groups -OCH3 is 1. The number of aromatic nitrogens is 1. The maximum atomic E-state index is 5.31. The van der Waals surface area contributed by atoms with E-state index in [-0.39, 0.29) is 0 Å². The number of thiazole rings is 1. The highest BCUT2D eigenvalue weighted by molar-refractivity contribution is 7.11. The molecule has 0 aliphatic heterocycles. The van der Waals surface area contributed by atoms with Gasteiger partial charge < -0.3 is 15.4 Å². The van der Waals surface area contributed by atoms with E-state index in [1.54, 1.807) is 18.4 Å². The number of nitrogens with zero attached hydrogens (tertiary/aromatic N) is 2. The van der Waals surface area contributed by atoms with Gasteiger partial charge in [0.25, 0.3) is 0 Å². The summed E-state index contributed by atoms with van der Waals surface area (Å²) in [6, 6.07) is 0. The zero-order chi connectivity index (χ0) is 17.4. The minimum Gasteiger partial charge on any atom is -0.385 e. The quantitative estimate of drug-likeness (QED) is 0.558. The molecule has 1 saturated carbocycles. The largest absolute Gasteiger partial charge is 0.385 e. The zero-order valence-electron chi connectivity index (χ0n) is 15.6. The van der Waals surface area contributed by atoms with Gasteiger partial charge in [-0.1, -0.05) is 12.8 Å². The van der Waals surface area contributed by atoms with Crippen molar-refractivity contribution in [3.05, 3.63) is 15.6 Å². The average molecular weight is 353 g/mol. The fraction of sp³-hybridized carbons (Fsp3) is 0.778. The molecule has 0 spiro atoms. The molecule has 0 radical (unpaired) electrons. The summed E-state index contributed by atoms with van der Waals surface area (Å²) in [5.74, 6) is 0.892. The molecule has 2 N–H and O–H groups in total. The van der Waals surface area contributed by atoms with Crippen molar-refractivity contribution in [2.75, 3.05) is 33.9 Å². The molecule has 24 heavy (non-hydrogen) atoms. The lowest BCUT2D eigenvalue weighted by atomic mass is 9.83. The van der Waals surface area contributed by atoms with Gasteiger partial charge in [0.15, 0.2) is 5.96 Å². The molecule has 1 aliphatic carbocycles. The Morgan fingerprint density at radius 3 is 2.62 bits per heavy atom. The molecule has 0 atom stereocenters. The highest BCUT2D eigenvalue weighted by atomic mass is 32.1. The Kier molecular flexibility index (Phi) is 7.49. The maximum Gasteiger partial charge on any atom is 0.191 e. The molecule has 0 bridgehead atoms. The van der Waals surface area contributed by atoms with Gasteiger partial charge >= 0.3 is 0 Å². The molecule has 1 heterocycles. The van der Waals surface area contributed by atoms with E-state index >= 15 is 0 Å². The molecule has 136 valence electrons. The van der Waals surface area contributed by atoms with Crippen molar-refractivity contribution in [3.8, 4) is 0 Å². The van der Waals surface area contributed by atoms with Crippen molar-refractivity contribution in [3.63, 3.8) is 0 Å². The molecule has 0 saturated heterocycles. The van der Waals surface area contributed by atoms with E-state index in [4.69, 9.17) is 4.74 Å². The van der Waals surface area contributed by atoms with Crippen LogP contribution in [-0.4, -0.2) is 44.8 Å². The average Bonchev–Trinajstić information content (AvgIpc) is 3.16. The van der Waals surface area contributed by atoms with E-state index in [0.717, 1.165) is 44.2 Å². The number of hydrogen-bond donors (Lipinski definition) is 2. The van der Waals surface area contributed by atoms with Crippen molar-refractivity contribution in [1.29, 1.82) is 0 Å². The van der Waals surface area contributed by atoms with Crippen LogP contribution in [0.3, 0.4) is 0 Å². The fourth-order valence-electron chi connectivity index (χ4n) is 3.38. The molecular formula is C18H32N4OS. The van der Waals surface area contributed by atoms with Crippen molar-refractivity contribution in [1.82, 2.24) is 15.6 Å². The number of rotatable bonds is 8. The normalized spacial score (nSPS) is 17.2. The predicted octanol–water partition coefficient (Wildman–Crippen LogP) is 3.06. The molecule has 1 aromatic rings. The number of aliphatic imine (C=N–C) groups is 1. The highest BCUT2D eigenvalue weighted by Crippen LogP contribution is 2.40. The maximum absolute atomic E-state index is 5.31. The Labute approximate surface area is 150 Å². The van der Waals surface area contributed by atoms with Gasteiger partial charge in [-0.05, 0) is 38.5 Å². The summed E-state index contributed by atoms with van der Waals surface area (Å²) in [7, 11) is 3.63. The van der Waals surface area contributed by atoms with Crippen LogP contribution in [0.2, 0.25) is 0 Å². The van der Waals surface area contributed by atoms with Gasteiger partial charge in [-0.3, -0.25) is 4.99 Å². The molecule has 0 amide bonds. The van der Waals surface area contributed by atoms with Gasteiger partial charge in [-0.25, -0.2) is 4.98 Å². The first kappa shape index (κ1) is 19.2. The van der Waals surface area contributed by atoms with Crippen LogP contribution in [-0.2, 0) is 11.2 Å². The van der Waals surface area contributed by atoms with Crippen molar-refractivity contribution < 1.29 is 4.74 Å². The third-order valence-corrected chi connectivity index (χ3v) is 6.19. The first-order valence-electron chi connectivity index (χ1n) is 8.95. The Balaban J connectivity index is 1.77. The number of aryl methyl sites for hydroxylation is 2. The lowest BCUT2D eigenvalue weighted by molar-refractivity contribution is 0.138. The Bertz CT molecular complexity index is 516. The van der Waals surface area contributed by atoms with Crippen LogP contribution in [0.5, 0.6) is 0 Å². The second kappa shape index (κ2) is 9.37. The summed E-state index contributed by atoms with van der Waals surface area (Å²) in [6.45, 7) is 6.88. The minimum atomic E-state index is 0.372. The zero-order valence-corrected chi connectivity index (χ0v) is 16.4. The lowest BCUT2D eigenvalue weighted by Gasteiger charge is -2.29. The van der Waals surface area contributed by atoms with Gasteiger partial charge in [-0.2, -0.15) is 0 Å². The van der Waals surface area contributed by atoms with Gasteiger partial charge in [0, 0.05) is 45.2 Å². The highest BCUT2D eigenvalue weighted by Gasteiger charge is 2.33. The Morgan fingerprint density at radius 1 is 1.29 bits per heavy atom.